The van der Waals surface area contributed by atoms with Crippen LogP contribution in [0.5, 0.6) is 0 Å². The minimum Gasteiger partial charge on any atom is -0.412 e. The molecule has 0 N–H and O–H groups in total. The van der Waals surface area contributed by atoms with Crippen molar-refractivity contribution < 1.29 is 13.6 Å². The van der Waals surface area contributed by atoms with E-state index in [2.05, 4.69) is 130 Å². The number of hydrogen-bond donors (Lipinski definition) is 0. The molecule has 0 spiro atoms. The van der Waals surface area contributed by atoms with Gasteiger partial charge in [-0.1, -0.05) is 106 Å². The second-order valence-electron chi connectivity index (χ2n) is 16.3. The number of carbonyl (C=O) groups is 1. The lowest BCUT2D eigenvalue weighted by Crippen LogP contribution is -2.49. The van der Waals surface area contributed by atoms with Crippen LogP contribution in [0.1, 0.15) is 113 Å². The maximum atomic E-state index is 13.2. The number of benzene rings is 1. The molecular weight excluding hydrogens is 575 g/mol. The van der Waals surface area contributed by atoms with E-state index in [0.717, 1.165) is 43.5 Å². The molecule has 0 bridgehead atoms. The highest BCUT2D eigenvalue weighted by Gasteiger charge is 2.34. The summed E-state index contributed by atoms with van der Waals surface area (Å²) in [5.41, 5.74) is 4.73. The van der Waals surface area contributed by atoms with Crippen molar-refractivity contribution in [2.24, 2.45) is 16.2 Å². The Morgan fingerprint density at radius 3 is 1.80 bits per heavy atom. The minimum absolute atomic E-state index is 0.0154. The van der Waals surface area contributed by atoms with Gasteiger partial charge in [-0.15, -0.1) is 0 Å². The molecule has 248 valence electrons. The van der Waals surface area contributed by atoms with Crippen molar-refractivity contribution in [3.63, 3.8) is 0 Å². The summed E-state index contributed by atoms with van der Waals surface area (Å²) < 4.78 is 13.2. The Hall–Kier alpha value is -1.48. The van der Waals surface area contributed by atoms with Gasteiger partial charge in [0.05, 0.1) is 12.2 Å². The Bertz CT molecular complexity index is 1060. The molecule has 2 rings (SSSR count). The molecule has 1 aliphatic rings. The summed E-state index contributed by atoms with van der Waals surface area (Å²) in [5, 5.41) is 0. The van der Waals surface area contributed by atoms with Gasteiger partial charge < -0.3 is 13.8 Å². The van der Waals surface area contributed by atoms with E-state index < -0.39 is 18.1 Å². The molecule has 2 atom stereocenters. The highest BCUT2D eigenvalue weighted by Crippen LogP contribution is 2.39. The number of allylic oxidation sites excluding steroid dienone is 3. The summed E-state index contributed by atoms with van der Waals surface area (Å²) in [6.45, 7) is 31.0. The third kappa shape index (κ3) is 13.1. The molecule has 0 aromatic heterocycles. The van der Waals surface area contributed by atoms with Gasteiger partial charge in [-0.3, -0.25) is 4.79 Å². The van der Waals surface area contributed by atoms with Crippen LogP contribution in [-0.2, 0) is 13.6 Å². The zero-order valence-corrected chi connectivity index (χ0v) is 32.7. The van der Waals surface area contributed by atoms with Gasteiger partial charge in [0.2, 0.25) is 18.1 Å². The Labute approximate surface area is 275 Å². The van der Waals surface area contributed by atoms with Gasteiger partial charge in [-0.25, -0.2) is 0 Å². The van der Waals surface area contributed by atoms with E-state index in [1.807, 2.05) is 0 Å². The molecule has 4 nitrogen and oxygen atoms in total. The van der Waals surface area contributed by atoms with Crippen molar-refractivity contribution in [3.8, 4) is 0 Å². The fraction of sp³-hybridized carbons (Fsp3) is 0.711. The van der Waals surface area contributed by atoms with Gasteiger partial charge in [0, 0.05) is 25.2 Å². The molecule has 0 fully saturated rings. The highest BCUT2D eigenvalue weighted by molar-refractivity contribution is 6.48. The average Bonchev–Trinajstić information content (AvgIpc) is 2.87. The monoisotopic (exact) mass is 639 g/mol. The molecule has 6 heteroatoms. The number of rotatable bonds is 16. The predicted molar refractivity (Wildman–Crippen MR) is 195 cm³/mol. The Balaban J connectivity index is 2.41. The predicted octanol–water partition coefficient (Wildman–Crippen LogP) is 10.5. The van der Waals surface area contributed by atoms with Gasteiger partial charge in [0.15, 0.2) is 5.78 Å². The van der Waals surface area contributed by atoms with E-state index in [4.69, 9.17) is 8.85 Å². The van der Waals surface area contributed by atoms with Crippen LogP contribution in [0.25, 0.3) is 6.08 Å². The zero-order chi connectivity index (χ0) is 33.3. The number of Topliss-reactive ketones (excluding diaryl/α,β-unsaturated/α-hetero) is 1. The number of ketones is 1. The van der Waals surface area contributed by atoms with Crippen molar-refractivity contribution in [2.45, 2.75) is 146 Å². The average molecular weight is 640 g/mol. The van der Waals surface area contributed by atoms with E-state index in [1.165, 1.54) is 30.5 Å². The van der Waals surface area contributed by atoms with E-state index in [9.17, 15) is 4.79 Å². The molecule has 0 amide bonds. The number of unbranched alkanes of at least 4 members (excludes halogenated alkanes) is 3. The fourth-order valence-electron chi connectivity index (χ4n) is 5.82. The molecule has 44 heavy (non-hydrogen) atoms. The first-order valence-corrected chi connectivity index (χ1v) is 21.9. The summed E-state index contributed by atoms with van der Waals surface area (Å²) in [5.74, 6) is 0.349. The van der Waals surface area contributed by atoms with Gasteiger partial charge in [-0.2, -0.15) is 0 Å². The maximum Gasteiger partial charge on any atom is 0.205 e. The number of nitrogens with zero attached hydrogens (tertiary/aromatic N) is 1. The molecule has 2 radical (unpaired) electrons. The van der Waals surface area contributed by atoms with E-state index in [1.54, 1.807) is 0 Å². The molecule has 0 aliphatic heterocycles. The lowest BCUT2D eigenvalue weighted by Gasteiger charge is -2.41. The van der Waals surface area contributed by atoms with Gasteiger partial charge >= 0.3 is 0 Å². The third-order valence-corrected chi connectivity index (χ3v) is 10.0. The molecule has 1 aromatic rings. The Morgan fingerprint density at radius 1 is 0.818 bits per heavy atom. The number of anilines is 1. The van der Waals surface area contributed by atoms with Gasteiger partial charge in [-0.05, 0) is 90.5 Å². The van der Waals surface area contributed by atoms with Crippen LogP contribution in [0.15, 0.2) is 41.5 Å². The van der Waals surface area contributed by atoms with E-state index in [-0.39, 0.29) is 28.5 Å². The summed E-state index contributed by atoms with van der Waals surface area (Å²) in [6, 6.07) is 8.95. The second-order valence-corrected chi connectivity index (χ2v) is 20.5. The van der Waals surface area contributed by atoms with Crippen LogP contribution in [0.2, 0.25) is 26.2 Å². The van der Waals surface area contributed by atoms with Crippen molar-refractivity contribution in [2.75, 3.05) is 18.0 Å². The van der Waals surface area contributed by atoms with Crippen molar-refractivity contribution in [3.05, 3.63) is 47.1 Å². The number of hydrogen-bond acceptors (Lipinski definition) is 4. The van der Waals surface area contributed by atoms with Gasteiger partial charge in [0.25, 0.3) is 0 Å². The quantitative estimate of drug-likeness (QED) is 0.133. The summed E-state index contributed by atoms with van der Waals surface area (Å²) >= 11 is 0. The van der Waals surface area contributed by atoms with Crippen LogP contribution >= 0.6 is 0 Å². The Morgan fingerprint density at radius 2 is 1.34 bits per heavy atom. The lowest BCUT2D eigenvalue weighted by molar-refractivity contribution is -0.118. The topological polar surface area (TPSA) is 38.8 Å². The largest absolute Gasteiger partial charge is 0.412 e. The summed E-state index contributed by atoms with van der Waals surface area (Å²) in [6.07, 6.45) is 12.0. The first-order chi connectivity index (χ1) is 20.3. The fourth-order valence-corrected chi connectivity index (χ4v) is 7.81. The van der Waals surface area contributed by atoms with E-state index >= 15 is 0 Å². The smallest absolute Gasteiger partial charge is 0.205 e. The normalized spacial score (nSPS) is 17.7. The molecule has 2 unspecified atom stereocenters. The van der Waals surface area contributed by atoms with Gasteiger partial charge in [0.1, 0.15) is 0 Å². The first-order valence-electron chi connectivity index (χ1n) is 17.0. The standard InChI is InChI=1S/C38H65NO3Si2/c1-14-15-16-17-18-32-30(25-38(8,9)26-33(32)40)22-19-29-20-23-31(24-21-29)39(27-34(36(2,3)4)41-43(10)11)28-35(37(5,6)7)42-44(12)13/h19-24,34-35H,14-18,25-28H2,1-13H3. The van der Waals surface area contributed by atoms with E-state index in [0.29, 0.717) is 12.2 Å². The molecule has 0 saturated heterocycles. The van der Waals surface area contributed by atoms with Crippen LogP contribution in [0.4, 0.5) is 5.69 Å². The van der Waals surface area contributed by atoms with Crippen LogP contribution < -0.4 is 4.90 Å². The van der Waals surface area contributed by atoms with Crippen LogP contribution in [0.3, 0.4) is 0 Å². The maximum absolute atomic E-state index is 13.2. The molecule has 0 saturated carbocycles. The number of carbonyl (C=O) groups excluding carboxylic acids is 1. The van der Waals surface area contributed by atoms with Crippen molar-refractivity contribution >= 4 is 35.6 Å². The first kappa shape index (κ1) is 38.7. The molecule has 1 aromatic carbocycles. The van der Waals surface area contributed by atoms with Crippen LogP contribution in [-0.4, -0.2) is 49.2 Å². The van der Waals surface area contributed by atoms with Crippen molar-refractivity contribution in [1.82, 2.24) is 0 Å². The zero-order valence-electron chi connectivity index (χ0n) is 30.7. The molecule has 0 heterocycles. The highest BCUT2D eigenvalue weighted by atomic mass is 28.3. The minimum atomic E-state index is -0.857. The SMILES string of the molecule is CCCCCCC1=C(C=Cc2ccc(N(CC(O[Si](C)C)C(C)(C)C)CC(O[Si](C)C)C(C)(C)C)cc2)CC(C)(C)CC1=O. The Kier molecular flexibility index (Phi) is 14.9. The lowest BCUT2D eigenvalue weighted by atomic mass is 9.72. The summed E-state index contributed by atoms with van der Waals surface area (Å²) in [4.78, 5) is 15.6. The summed E-state index contributed by atoms with van der Waals surface area (Å²) in [7, 11) is -1.71. The van der Waals surface area contributed by atoms with Crippen LogP contribution in [0, 0.1) is 16.2 Å². The molecule has 1 aliphatic carbocycles. The van der Waals surface area contributed by atoms with Crippen molar-refractivity contribution in [1.29, 1.82) is 0 Å². The molecular formula is C38H65NO3Si2. The second kappa shape index (κ2) is 16.9. The third-order valence-electron chi connectivity index (χ3n) is 8.51.